The minimum absolute atomic E-state index is 0.132. The van der Waals surface area contributed by atoms with Gasteiger partial charge in [0.25, 0.3) is 0 Å². The molecule has 0 spiro atoms. The first kappa shape index (κ1) is 22.7. The average Bonchev–Trinajstić information content (AvgIpc) is 2.70. The number of carbonyl (C=O) groups is 1. The van der Waals surface area contributed by atoms with Crippen LogP contribution in [0.2, 0.25) is 0 Å². The number of aliphatic hydroxyl groups is 1. The Bertz CT molecular complexity index is 929. The molecule has 0 fully saturated rings. The number of hydrogen-bond acceptors (Lipinski definition) is 5. The van der Waals surface area contributed by atoms with Crippen molar-refractivity contribution >= 4 is 15.9 Å². The van der Waals surface area contributed by atoms with Crippen LogP contribution in [0.3, 0.4) is 0 Å². The lowest BCUT2D eigenvalue weighted by molar-refractivity contribution is -0.137. The van der Waals surface area contributed by atoms with Crippen molar-refractivity contribution in [1.29, 1.82) is 0 Å². The summed E-state index contributed by atoms with van der Waals surface area (Å²) in [5.41, 5.74) is -0.450. The standard InChI is InChI=1S/C18H19F3N2O5S/c1-28-14-6-8-15(9-7-14)29(26,27)23-16(11-24)17(25)22-10-12-2-4-13(5-3-12)18(19,20)21/h2-9,16,23-24H,10-11H2,1H3,(H,22,25)/t16-/m0/s1. The zero-order valence-corrected chi connectivity index (χ0v) is 16.0. The molecular weight excluding hydrogens is 413 g/mol. The molecule has 7 nitrogen and oxygen atoms in total. The molecule has 2 rings (SSSR count). The number of hydrogen-bond donors (Lipinski definition) is 3. The van der Waals surface area contributed by atoms with Gasteiger partial charge in [0.1, 0.15) is 11.8 Å². The van der Waals surface area contributed by atoms with Gasteiger partial charge in [-0.3, -0.25) is 4.79 Å². The molecule has 2 aromatic rings. The lowest BCUT2D eigenvalue weighted by atomic mass is 10.1. The van der Waals surface area contributed by atoms with E-state index in [0.717, 1.165) is 12.1 Å². The van der Waals surface area contributed by atoms with E-state index in [9.17, 15) is 31.5 Å². The molecule has 0 bridgehead atoms. The quantitative estimate of drug-likeness (QED) is 0.589. The Balaban J connectivity index is 2.00. The summed E-state index contributed by atoms with van der Waals surface area (Å²) in [5.74, 6) is -0.388. The summed E-state index contributed by atoms with van der Waals surface area (Å²) in [6, 6.07) is 8.05. The number of aliphatic hydroxyl groups excluding tert-OH is 1. The van der Waals surface area contributed by atoms with Crippen molar-refractivity contribution in [3.63, 3.8) is 0 Å². The predicted octanol–water partition coefficient (Wildman–Crippen LogP) is 1.67. The van der Waals surface area contributed by atoms with Crippen molar-refractivity contribution in [2.75, 3.05) is 13.7 Å². The van der Waals surface area contributed by atoms with Gasteiger partial charge in [-0.25, -0.2) is 8.42 Å². The molecule has 0 aromatic heterocycles. The maximum atomic E-state index is 12.6. The van der Waals surface area contributed by atoms with Gasteiger partial charge >= 0.3 is 6.18 Å². The molecule has 2 aromatic carbocycles. The van der Waals surface area contributed by atoms with Crippen molar-refractivity contribution < 1.29 is 36.2 Å². The normalized spacial score (nSPS) is 13.0. The Hall–Kier alpha value is -2.63. The Labute approximate surface area is 165 Å². The van der Waals surface area contributed by atoms with E-state index in [1.54, 1.807) is 0 Å². The summed E-state index contributed by atoms with van der Waals surface area (Å²) >= 11 is 0. The van der Waals surface area contributed by atoms with Gasteiger partial charge in [0.15, 0.2) is 0 Å². The van der Waals surface area contributed by atoms with E-state index in [2.05, 4.69) is 10.0 Å². The Morgan fingerprint density at radius 2 is 1.69 bits per heavy atom. The van der Waals surface area contributed by atoms with E-state index in [4.69, 9.17) is 4.74 Å². The fraction of sp³-hybridized carbons (Fsp3) is 0.278. The molecule has 0 heterocycles. The Kier molecular flexibility index (Phi) is 7.22. The summed E-state index contributed by atoms with van der Waals surface area (Å²) < 4.78 is 69.4. The zero-order chi connectivity index (χ0) is 21.7. The van der Waals surface area contributed by atoms with Crippen LogP contribution in [0, 0.1) is 0 Å². The maximum Gasteiger partial charge on any atom is 0.416 e. The molecule has 1 amide bonds. The number of ether oxygens (including phenoxy) is 1. The maximum absolute atomic E-state index is 12.6. The molecule has 29 heavy (non-hydrogen) atoms. The second-order valence-electron chi connectivity index (χ2n) is 5.94. The smallest absolute Gasteiger partial charge is 0.416 e. The highest BCUT2D eigenvalue weighted by molar-refractivity contribution is 7.89. The predicted molar refractivity (Wildman–Crippen MR) is 97.5 cm³/mol. The summed E-state index contributed by atoms with van der Waals surface area (Å²) in [6.07, 6.45) is -4.47. The Morgan fingerprint density at radius 3 is 2.17 bits per heavy atom. The van der Waals surface area contributed by atoms with Crippen molar-refractivity contribution in [2.45, 2.75) is 23.7 Å². The van der Waals surface area contributed by atoms with Crippen molar-refractivity contribution in [3.8, 4) is 5.75 Å². The van der Waals surface area contributed by atoms with Gasteiger partial charge in [0.2, 0.25) is 15.9 Å². The van der Waals surface area contributed by atoms with Crippen LogP contribution >= 0.6 is 0 Å². The van der Waals surface area contributed by atoms with Gasteiger partial charge in [0.05, 0.1) is 24.2 Å². The first-order valence-electron chi connectivity index (χ1n) is 8.28. The minimum Gasteiger partial charge on any atom is -0.497 e. The number of carbonyl (C=O) groups excluding carboxylic acids is 1. The molecule has 11 heteroatoms. The van der Waals surface area contributed by atoms with Crippen LogP contribution in [0.25, 0.3) is 0 Å². The molecular formula is C18H19F3N2O5S. The van der Waals surface area contributed by atoms with Gasteiger partial charge in [-0.15, -0.1) is 0 Å². The van der Waals surface area contributed by atoms with E-state index in [-0.39, 0.29) is 11.4 Å². The van der Waals surface area contributed by atoms with Crippen LogP contribution in [0.5, 0.6) is 5.75 Å². The van der Waals surface area contributed by atoms with Crippen LogP contribution < -0.4 is 14.8 Å². The van der Waals surface area contributed by atoms with Crippen LogP contribution in [0.15, 0.2) is 53.4 Å². The first-order chi connectivity index (χ1) is 13.6. The topological polar surface area (TPSA) is 105 Å². The minimum atomic E-state index is -4.47. The third-order valence-corrected chi connectivity index (χ3v) is 5.40. The molecule has 0 aliphatic heterocycles. The molecule has 0 aliphatic carbocycles. The number of sulfonamides is 1. The molecule has 0 saturated carbocycles. The van der Waals surface area contributed by atoms with E-state index >= 15 is 0 Å². The average molecular weight is 432 g/mol. The lowest BCUT2D eigenvalue weighted by Crippen LogP contribution is -2.48. The van der Waals surface area contributed by atoms with Crippen LogP contribution in [0.4, 0.5) is 13.2 Å². The number of halogens is 3. The third kappa shape index (κ3) is 6.17. The van der Waals surface area contributed by atoms with Crippen LogP contribution in [-0.4, -0.2) is 39.2 Å². The zero-order valence-electron chi connectivity index (χ0n) is 15.2. The second-order valence-corrected chi connectivity index (χ2v) is 7.66. The van der Waals surface area contributed by atoms with Gasteiger partial charge in [0, 0.05) is 6.54 Å². The second kappa shape index (κ2) is 9.25. The summed E-state index contributed by atoms with van der Waals surface area (Å²) in [4.78, 5) is 12.1. The number of benzene rings is 2. The van der Waals surface area contributed by atoms with E-state index in [1.165, 1.54) is 43.5 Å². The largest absolute Gasteiger partial charge is 0.497 e. The molecule has 1 atom stereocenters. The molecule has 0 saturated heterocycles. The third-order valence-electron chi connectivity index (χ3n) is 3.91. The molecule has 0 aliphatic rings. The van der Waals surface area contributed by atoms with Crippen molar-refractivity contribution in [3.05, 3.63) is 59.7 Å². The van der Waals surface area contributed by atoms with Crippen molar-refractivity contribution in [1.82, 2.24) is 10.0 Å². The molecule has 0 radical (unpaired) electrons. The van der Waals surface area contributed by atoms with E-state index in [1.807, 2.05) is 0 Å². The molecule has 3 N–H and O–H groups in total. The fourth-order valence-corrected chi connectivity index (χ4v) is 3.49. The monoisotopic (exact) mass is 432 g/mol. The molecule has 158 valence electrons. The van der Waals surface area contributed by atoms with Crippen LogP contribution in [-0.2, 0) is 27.5 Å². The highest BCUT2D eigenvalue weighted by Gasteiger charge is 2.30. The SMILES string of the molecule is COc1ccc(S(=O)(=O)N[C@@H](CO)C(=O)NCc2ccc(C(F)(F)F)cc2)cc1. The number of methoxy groups -OCH3 is 1. The fourth-order valence-electron chi connectivity index (χ4n) is 2.31. The highest BCUT2D eigenvalue weighted by Crippen LogP contribution is 2.29. The van der Waals surface area contributed by atoms with E-state index < -0.39 is 40.3 Å². The van der Waals surface area contributed by atoms with E-state index in [0.29, 0.717) is 11.3 Å². The Morgan fingerprint density at radius 1 is 1.10 bits per heavy atom. The highest BCUT2D eigenvalue weighted by atomic mass is 32.2. The lowest BCUT2D eigenvalue weighted by Gasteiger charge is -2.17. The summed E-state index contributed by atoms with van der Waals surface area (Å²) in [5, 5.41) is 11.8. The summed E-state index contributed by atoms with van der Waals surface area (Å²) in [7, 11) is -2.68. The summed E-state index contributed by atoms with van der Waals surface area (Å²) in [6.45, 7) is -0.952. The van der Waals surface area contributed by atoms with Gasteiger partial charge < -0.3 is 15.2 Å². The number of alkyl halides is 3. The van der Waals surface area contributed by atoms with Gasteiger partial charge in [-0.1, -0.05) is 12.1 Å². The number of amides is 1. The molecule has 0 unspecified atom stereocenters. The van der Waals surface area contributed by atoms with Gasteiger partial charge in [-0.05, 0) is 42.0 Å². The first-order valence-corrected chi connectivity index (χ1v) is 9.76. The number of nitrogens with one attached hydrogen (secondary N) is 2. The van der Waals surface area contributed by atoms with Crippen LogP contribution in [0.1, 0.15) is 11.1 Å². The number of rotatable bonds is 8. The van der Waals surface area contributed by atoms with Crippen molar-refractivity contribution in [2.24, 2.45) is 0 Å². The van der Waals surface area contributed by atoms with Gasteiger partial charge in [-0.2, -0.15) is 17.9 Å².